The first kappa shape index (κ1) is 23.3. The van der Waals surface area contributed by atoms with E-state index < -0.39 is 26.9 Å². The number of amides is 1. The number of nitro benzene ring substituents is 1. The number of benzene rings is 2. The molecule has 0 saturated carbocycles. The lowest BCUT2D eigenvalue weighted by Gasteiger charge is -2.29. The highest BCUT2D eigenvalue weighted by Crippen LogP contribution is 2.29. The highest BCUT2D eigenvalue weighted by atomic mass is 32.2. The predicted molar refractivity (Wildman–Crippen MR) is 118 cm³/mol. The third-order valence-electron chi connectivity index (χ3n) is 4.77. The number of carbonyl (C=O) groups excluding carboxylic acids is 1. The minimum atomic E-state index is -3.89. The molecule has 0 aliphatic rings. The van der Waals surface area contributed by atoms with Gasteiger partial charge in [0.2, 0.25) is 15.9 Å². The number of aryl methyl sites for hydroxylation is 2. The molecule has 0 aliphatic heterocycles. The fourth-order valence-electron chi connectivity index (χ4n) is 3.11. The Balaban J connectivity index is 2.30. The van der Waals surface area contributed by atoms with E-state index in [1.165, 1.54) is 25.1 Å². The zero-order chi connectivity index (χ0) is 22.5. The largest absolute Gasteiger partial charge is 0.324 e. The maximum Gasteiger partial charge on any atom is 0.271 e. The molecule has 9 heteroatoms. The van der Waals surface area contributed by atoms with Crippen molar-refractivity contribution in [3.05, 3.63) is 63.7 Å². The van der Waals surface area contributed by atoms with Crippen molar-refractivity contribution in [2.75, 3.05) is 15.9 Å². The quantitative estimate of drug-likeness (QED) is 0.474. The Labute approximate surface area is 177 Å². The van der Waals surface area contributed by atoms with Crippen LogP contribution in [0.1, 0.15) is 37.8 Å². The Bertz CT molecular complexity index is 1020. The Morgan fingerprint density at radius 2 is 1.83 bits per heavy atom. The highest BCUT2D eigenvalue weighted by molar-refractivity contribution is 7.92. The molecule has 0 aliphatic carbocycles. The van der Waals surface area contributed by atoms with Crippen LogP contribution >= 0.6 is 0 Å². The van der Waals surface area contributed by atoms with Crippen molar-refractivity contribution in [2.45, 2.75) is 46.1 Å². The van der Waals surface area contributed by atoms with Crippen LogP contribution in [0.3, 0.4) is 0 Å². The van der Waals surface area contributed by atoms with Gasteiger partial charge in [-0.2, -0.15) is 0 Å². The zero-order valence-corrected chi connectivity index (χ0v) is 18.4. The summed E-state index contributed by atoms with van der Waals surface area (Å²) in [5.74, 6) is -0.535. The number of unbranched alkanes of at least 4 members (excludes halogenated alkanes) is 1. The fraction of sp³-hybridized carbons (Fsp3) is 0.381. The summed E-state index contributed by atoms with van der Waals surface area (Å²) in [4.78, 5) is 23.3. The van der Waals surface area contributed by atoms with Crippen LogP contribution in [0, 0.1) is 17.0 Å². The Hall–Kier alpha value is -2.94. The summed E-state index contributed by atoms with van der Waals surface area (Å²) in [5.41, 5.74) is 2.07. The molecular weight excluding hydrogens is 406 g/mol. The van der Waals surface area contributed by atoms with Crippen LogP contribution < -0.4 is 9.62 Å². The zero-order valence-electron chi connectivity index (χ0n) is 17.6. The summed E-state index contributed by atoms with van der Waals surface area (Å²) in [6, 6.07) is 10.2. The number of carbonyl (C=O) groups is 1. The van der Waals surface area contributed by atoms with Gasteiger partial charge in [-0.15, -0.1) is 0 Å². The van der Waals surface area contributed by atoms with Gasteiger partial charge in [0.15, 0.2) is 0 Å². The summed E-state index contributed by atoms with van der Waals surface area (Å²) in [6.45, 7) is 5.20. The Morgan fingerprint density at radius 1 is 1.20 bits per heavy atom. The van der Waals surface area contributed by atoms with Gasteiger partial charge in [0.25, 0.3) is 5.69 Å². The van der Waals surface area contributed by atoms with Gasteiger partial charge < -0.3 is 5.32 Å². The highest BCUT2D eigenvalue weighted by Gasteiger charge is 2.31. The van der Waals surface area contributed by atoms with E-state index in [0.717, 1.165) is 35.4 Å². The normalized spacial score (nSPS) is 12.3. The van der Waals surface area contributed by atoms with Gasteiger partial charge in [-0.3, -0.25) is 19.2 Å². The van der Waals surface area contributed by atoms with E-state index >= 15 is 0 Å². The molecule has 2 rings (SSSR count). The number of nitrogens with zero attached hydrogens (tertiary/aromatic N) is 2. The van der Waals surface area contributed by atoms with Crippen molar-refractivity contribution >= 4 is 33.0 Å². The third kappa shape index (κ3) is 5.79. The van der Waals surface area contributed by atoms with Crippen LogP contribution in [0.5, 0.6) is 0 Å². The number of anilines is 2. The molecule has 0 aromatic heterocycles. The lowest BCUT2D eigenvalue weighted by Crippen LogP contribution is -2.45. The van der Waals surface area contributed by atoms with Gasteiger partial charge in [-0.1, -0.05) is 31.5 Å². The maximum atomic E-state index is 12.8. The molecule has 162 valence electrons. The van der Waals surface area contributed by atoms with Gasteiger partial charge in [0.05, 0.1) is 16.9 Å². The van der Waals surface area contributed by atoms with Crippen molar-refractivity contribution in [3.63, 3.8) is 0 Å². The average Bonchev–Trinajstić information content (AvgIpc) is 2.67. The first-order chi connectivity index (χ1) is 14.0. The smallest absolute Gasteiger partial charge is 0.271 e. The van der Waals surface area contributed by atoms with Crippen LogP contribution in [-0.4, -0.2) is 31.5 Å². The van der Waals surface area contributed by atoms with E-state index in [1.54, 1.807) is 19.1 Å². The van der Waals surface area contributed by atoms with Crippen LogP contribution in [-0.2, 0) is 21.2 Å². The molecule has 8 nitrogen and oxygen atoms in total. The predicted octanol–water partition coefficient (Wildman–Crippen LogP) is 4.04. The van der Waals surface area contributed by atoms with Crippen LogP contribution in [0.15, 0.2) is 42.5 Å². The summed E-state index contributed by atoms with van der Waals surface area (Å²) in [6.07, 6.45) is 4.09. The van der Waals surface area contributed by atoms with E-state index in [2.05, 4.69) is 12.2 Å². The van der Waals surface area contributed by atoms with Gasteiger partial charge in [-0.05, 0) is 49.9 Å². The van der Waals surface area contributed by atoms with Gasteiger partial charge in [0.1, 0.15) is 6.04 Å². The van der Waals surface area contributed by atoms with Crippen molar-refractivity contribution in [1.82, 2.24) is 0 Å². The molecule has 0 radical (unpaired) electrons. The Morgan fingerprint density at radius 3 is 2.37 bits per heavy atom. The van der Waals surface area contributed by atoms with Gasteiger partial charge in [0, 0.05) is 17.8 Å². The minimum absolute atomic E-state index is 0.101. The second kappa shape index (κ2) is 9.71. The summed E-state index contributed by atoms with van der Waals surface area (Å²) in [5, 5.41) is 13.9. The number of sulfonamides is 1. The van der Waals surface area contributed by atoms with Crippen molar-refractivity contribution in [1.29, 1.82) is 0 Å². The number of nitrogens with one attached hydrogen (secondary N) is 1. The molecule has 0 fully saturated rings. The van der Waals surface area contributed by atoms with E-state index in [9.17, 15) is 23.3 Å². The summed E-state index contributed by atoms with van der Waals surface area (Å²) >= 11 is 0. The molecule has 0 heterocycles. The molecule has 2 aromatic carbocycles. The molecule has 1 N–H and O–H groups in total. The molecular formula is C21H27N3O5S. The second-order valence-corrected chi connectivity index (χ2v) is 9.11. The van der Waals surface area contributed by atoms with E-state index in [4.69, 9.17) is 0 Å². The van der Waals surface area contributed by atoms with E-state index in [1.807, 2.05) is 12.1 Å². The number of rotatable bonds is 9. The molecule has 1 atom stereocenters. The van der Waals surface area contributed by atoms with Gasteiger partial charge >= 0.3 is 0 Å². The van der Waals surface area contributed by atoms with E-state index in [-0.39, 0.29) is 11.4 Å². The summed E-state index contributed by atoms with van der Waals surface area (Å²) < 4.78 is 25.9. The molecule has 0 spiro atoms. The van der Waals surface area contributed by atoms with Crippen molar-refractivity contribution in [2.24, 2.45) is 0 Å². The number of nitro groups is 1. The Kier molecular flexibility index (Phi) is 7.55. The SMILES string of the molecule is CCCCc1ccc(NC(=O)[C@H](C)N(c2cc([N+](=O)[O-])ccc2C)S(C)(=O)=O)cc1. The molecule has 1 amide bonds. The lowest BCUT2D eigenvalue weighted by atomic mass is 10.1. The molecule has 0 unspecified atom stereocenters. The standard InChI is InChI=1S/C21H27N3O5S/c1-5-6-7-17-9-11-18(12-10-17)22-21(25)16(3)23(30(4,28)29)20-14-19(24(26)27)13-8-15(20)2/h8-14,16H,5-7H2,1-4H3,(H,22,25)/t16-/m0/s1. The van der Waals surface area contributed by atoms with Gasteiger partial charge in [-0.25, -0.2) is 8.42 Å². The molecule has 0 saturated heterocycles. The third-order valence-corrected chi connectivity index (χ3v) is 6.00. The summed E-state index contributed by atoms with van der Waals surface area (Å²) in [7, 11) is -3.89. The molecule has 2 aromatic rings. The average molecular weight is 434 g/mol. The van der Waals surface area contributed by atoms with Crippen molar-refractivity contribution < 1.29 is 18.1 Å². The number of hydrogen-bond acceptors (Lipinski definition) is 5. The van der Waals surface area contributed by atoms with Crippen LogP contribution in [0.25, 0.3) is 0 Å². The fourth-order valence-corrected chi connectivity index (χ4v) is 4.34. The second-order valence-electron chi connectivity index (χ2n) is 7.25. The lowest BCUT2D eigenvalue weighted by molar-refractivity contribution is -0.384. The molecule has 30 heavy (non-hydrogen) atoms. The number of hydrogen-bond donors (Lipinski definition) is 1. The first-order valence-electron chi connectivity index (χ1n) is 9.68. The van der Waals surface area contributed by atoms with Crippen molar-refractivity contribution in [3.8, 4) is 0 Å². The van der Waals surface area contributed by atoms with Crippen LogP contribution in [0.2, 0.25) is 0 Å². The monoisotopic (exact) mass is 433 g/mol. The topological polar surface area (TPSA) is 110 Å². The van der Waals surface area contributed by atoms with Crippen LogP contribution in [0.4, 0.5) is 17.1 Å². The maximum absolute atomic E-state index is 12.8. The first-order valence-corrected chi connectivity index (χ1v) is 11.5. The number of non-ortho nitro benzene ring substituents is 1. The molecule has 0 bridgehead atoms. The van der Waals surface area contributed by atoms with E-state index in [0.29, 0.717) is 11.3 Å². The minimum Gasteiger partial charge on any atom is -0.324 e.